The van der Waals surface area contributed by atoms with E-state index >= 15 is 0 Å². The molecule has 1 fully saturated rings. The number of fused-ring (bicyclic) bond motifs is 1. The molecule has 0 radical (unpaired) electrons. The van der Waals surface area contributed by atoms with Crippen molar-refractivity contribution in [3.63, 3.8) is 0 Å². The maximum Gasteiger partial charge on any atom is 0.264 e. The Morgan fingerprint density at radius 1 is 1.21 bits per heavy atom. The number of carbonyl (C=O) groups is 2. The van der Waals surface area contributed by atoms with E-state index in [1.165, 1.54) is 11.3 Å². The number of rotatable bonds is 7. The third-order valence-corrected chi connectivity index (χ3v) is 6.32. The van der Waals surface area contributed by atoms with E-state index in [9.17, 15) is 9.59 Å². The zero-order chi connectivity index (χ0) is 23.8. The number of pyridine rings is 2. The molecule has 4 heterocycles. The van der Waals surface area contributed by atoms with Crippen molar-refractivity contribution in [2.75, 3.05) is 37.7 Å². The van der Waals surface area contributed by atoms with Gasteiger partial charge in [0.25, 0.3) is 11.5 Å². The fraction of sp³-hybridized carbons (Fsp3) is 0.333. The zero-order valence-corrected chi connectivity index (χ0v) is 19.6. The van der Waals surface area contributed by atoms with Gasteiger partial charge in [-0.2, -0.15) is 0 Å². The quantitative estimate of drug-likeness (QED) is 0.496. The van der Waals surface area contributed by atoms with Crippen molar-refractivity contribution in [1.29, 1.82) is 0 Å². The highest BCUT2D eigenvalue weighted by molar-refractivity contribution is 7.12. The van der Waals surface area contributed by atoms with Crippen LogP contribution in [-0.2, 0) is 22.7 Å². The number of allylic oxidation sites excluding steroid dienone is 1. The molecule has 4 rings (SSSR count). The predicted molar refractivity (Wildman–Crippen MR) is 131 cm³/mol. The minimum atomic E-state index is -0.105. The van der Waals surface area contributed by atoms with Gasteiger partial charge in [-0.1, -0.05) is 12.1 Å². The van der Waals surface area contributed by atoms with Gasteiger partial charge in [0, 0.05) is 50.9 Å². The molecule has 3 aromatic rings. The molecule has 174 valence electrons. The molecule has 33 heavy (non-hydrogen) atoms. The molecular weight excluding hydrogens is 440 g/mol. The monoisotopic (exact) mass is 468 g/mol. The fourth-order valence-corrected chi connectivity index (χ4v) is 4.69. The van der Waals surface area contributed by atoms with E-state index in [-0.39, 0.29) is 18.1 Å². The van der Waals surface area contributed by atoms with Crippen LogP contribution in [0.25, 0.3) is 11.0 Å². The number of anilines is 1. The van der Waals surface area contributed by atoms with Crippen molar-refractivity contribution in [2.45, 2.75) is 20.1 Å². The van der Waals surface area contributed by atoms with Gasteiger partial charge in [0.1, 0.15) is 12.4 Å². The third-order valence-electron chi connectivity index (χ3n) is 5.46. The summed E-state index contributed by atoms with van der Waals surface area (Å²) in [5, 5.41) is 2.83. The van der Waals surface area contributed by atoms with Crippen LogP contribution in [0, 0.1) is 0 Å². The molecule has 1 amide bonds. The summed E-state index contributed by atoms with van der Waals surface area (Å²) in [5.41, 5.74) is 2.03. The van der Waals surface area contributed by atoms with E-state index in [2.05, 4.69) is 16.5 Å². The zero-order valence-electron chi connectivity index (χ0n) is 18.7. The molecule has 1 saturated heterocycles. The first-order valence-electron chi connectivity index (χ1n) is 10.7. The van der Waals surface area contributed by atoms with Gasteiger partial charge in [0.05, 0.1) is 22.7 Å². The van der Waals surface area contributed by atoms with E-state index in [1.54, 1.807) is 16.8 Å². The summed E-state index contributed by atoms with van der Waals surface area (Å²) >= 11 is 1.46. The molecule has 0 aromatic carbocycles. The van der Waals surface area contributed by atoms with Gasteiger partial charge in [-0.05, 0) is 30.5 Å². The largest absolute Gasteiger partial charge is 0.377 e. The lowest BCUT2D eigenvalue weighted by molar-refractivity contribution is -0.0980. The minimum absolute atomic E-state index is 0.0668. The summed E-state index contributed by atoms with van der Waals surface area (Å²) in [5.74, 6) is 0.0668. The molecule has 0 N–H and O–H groups in total. The Morgan fingerprint density at radius 3 is 2.61 bits per heavy atom. The summed E-state index contributed by atoms with van der Waals surface area (Å²) in [6.07, 6.45) is 3.40. The SMILES string of the molecule is C=CCn1c(=O)c(COCC)c(N2CCN(C(=O)c3cccs3)CC2)c2cccnc21.C=O. The van der Waals surface area contributed by atoms with Crippen molar-refractivity contribution in [3.05, 3.63) is 69.3 Å². The molecule has 8 nitrogen and oxygen atoms in total. The van der Waals surface area contributed by atoms with Gasteiger partial charge >= 0.3 is 0 Å². The van der Waals surface area contributed by atoms with E-state index in [4.69, 9.17) is 9.53 Å². The van der Waals surface area contributed by atoms with Crippen molar-refractivity contribution in [2.24, 2.45) is 0 Å². The fourth-order valence-electron chi connectivity index (χ4n) is 4.00. The second-order valence-corrected chi connectivity index (χ2v) is 8.25. The van der Waals surface area contributed by atoms with Crippen molar-refractivity contribution in [3.8, 4) is 0 Å². The van der Waals surface area contributed by atoms with E-state index in [1.807, 2.05) is 48.3 Å². The highest BCUT2D eigenvalue weighted by Gasteiger charge is 2.27. The smallest absolute Gasteiger partial charge is 0.264 e. The predicted octanol–water partition coefficient (Wildman–Crippen LogP) is 2.96. The average molecular weight is 469 g/mol. The van der Waals surface area contributed by atoms with E-state index < -0.39 is 0 Å². The molecule has 3 aromatic heterocycles. The highest BCUT2D eigenvalue weighted by Crippen LogP contribution is 2.30. The van der Waals surface area contributed by atoms with E-state index in [0.29, 0.717) is 50.5 Å². The van der Waals surface area contributed by atoms with Crippen LogP contribution in [0.5, 0.6) is 0 Å². The lowest BCUT2D eigenvalue weighted by atomic mass is 10.1. The van der Waals surface area contributed by atoms with Crippen LogP contribution in [0.1, 0.15) is 22.2 Å². The van der Waals surface area contributed by atoms with Gasteiger partial charge < -0.3 is 19.3 Å². The number of hydrogen-bond donors (Lipinski definition) is 0. The molecule has 0 saturated carbocycles. The van der Waals surface area contributed by atoms with Crippen molar-refractivity contribution >= 4 is 40.8 Å². The topological polar surface area (TPSA) is 84.7 Å². The maximum absolute atomic E-state index is 13.4. The van der Waals surface area contributed by atoms with Crippen molar-refractivity contribution < 1.29 is 14.3 Å². The molecule has 0 bridgehead atoms. The molecule has 0 unspecified atom stereocenters. The van der Waals surface area contributed by atoms with Gasteiger partial charge in [-0.25, -0.2) is 4.98 Å². The van der Waals surface area contributed by atoms with Gasteiger partial charge in [0.2, 0.25) is 0 Å². The first-order valence-corrected chi connectivity index (χ1v) is 11.6. The normalized spacial score (nSPS) is 13.5. The first-order chi connectivity index (χ1) is 16.2. The summed E-state index contributed by atoms with van der Waals surface area (Å²) in [4.78, 5) is 43.4. The molecule has 0 atom stereocenters. The number of amides is 1. The first kappa shape index (κ1) is 24.3. The number of thiophene rings is 1. The Bertz CT molecular complexity index is 1150. The standard InChI is InChI=1S/C23H26N4O3S.CH2O/c1-3-10-27-21-17(7-5-9-24-21)20(18(22(27)28)16-30-4-2)25-11-13-26(14-12-25)23(29)19-8-6-15-31-19;1-2/h3,5-9,15H,1,4,10-14,16H2,2H3;1H2. The summed E-state index contributed by atoms with van der Waals surface area (Å²) in [6.45, 7) is 11.3. The van der Waals surface area contributed by atoms with Crippen LogP contribution < -0.4 is 10.5 Å². The van der Waals surface area contributed by atoms with Gasteiger partial charge in [-0.15, -0.1) is 17.9 Å². The highest BCUT2D eigenvalue weighted by atomic mass is 32.1. The number of hydrogen-bond acceptors (Lipinski definition) is 7. The summed E-state index contributed by atoms with van der Waals surface area (Å²) < 4.78 is 7.32. The molecular formula is C24H28N4O4S. The molecule has 0 aliphatic carbocycles. The Kier molecular flexibility index (Phi) is 8.51. The van der Waals surface area contributed by atoms with Crippen LogP contribution in [0.3, 0.4) is 0 Å². The molecule has 1 aliphatic rings. The lowest BCUT2D eigenvalue weighted by Crippen LogP contribution is -2.49. The molecule has 1 aliphatic heterocycles. The Labute approximate surface area is 196 Å². The summed E-state index contributed by atoms with van der Waals surface area (Å²) in [6, 6.07) is 7.63. The number of carbonyl (C=O) groups excluding carboxylic acids is 2. The number of nitrogens with zero attached hydrogens (tertiary/aromatic N) is 4. The van der Waals surface area contributed by atoms with Gasteiger partial charge in [-0.3, -0.25) is 14.2 Å². The number of piperazine rings is 1. The number of aromatic nitrogens is 2. The van der Waals surface area contributed by atoms with Crippen molar-refractivity contribution in [1.82, 2.24) is 14.5 Å². The lowest BCUT2D eigenvalue weighted by Gasteiger charge is -2.37. The van der Waals surface area contributed by atoms with E-state index in [0.717, 1.165) is 16.0 Å². The minimum Gasteiger partial charge on any atom is -0.377 e. The number of ether oxygens (including phenoxy) is 1. The van der Waals surface area contributed by atoms with Gasteiger partial charge in [0.15, 0.2) is 0 Å². The summed E-state index contributed by atoms with van der Waals surface area (Å²) in [7, 11) is 0. The average Bonchev–Trinajstić information content (AvgIpc) is 3.41. The molecule has 0 spiro atoms. The second-order valence-electron chi connectivity index (χ2n) is 7.30. The third kappa shape index (κ3) is 5.04. The Morgan fingerprint density at radius 2 is 1.97 bits per heavy atom. The van der Waals surface area contributed by atoms with Crippen LogP contribution >= 0.6 is 11.3 Å². The Balaban J connectivity index is 0.00000149. The Hall–Kier alpha value is -3.30. The molecule has 9 heteroatoms. The van der Waals surface area contributed by atoms with Crippen LogP contribution in [0.15, 0.2) is 53.3 Å². The van der Waals surface area contributed by atoms with Crippen LogP contribution in [-0.4, -0.2) is 59.9 Å². The van der Waals surface area contributed by atoms with Crippen LogP contribution in [0.4, 0.5) is 5.69 Å². The van der Waals surface area contributed by atoms with Crippen LogP contribution in [0.2, 0.25) is 0 Å². The maximum atomic E-state index is 13.4. The second kappa shape index (κ2) is 11.5.